The van der Waals surface area contributed by atoms with E-state index in [1.165, 1.54) is 0 Å². The van der Waals surface area contributed by atoms with E-state index in [0.717, 1.165) is 35.1 Å². The first-order chi connectivity index (χ1) is 9.93. The second-order valence-corrected chi connectivity index (χ2v) is 5.30. The highest BCUT2D eigenvalue weighted by Gasteiger charge is 2.33. The van der Waals surface area contributed by atoms with Gasteiger partial charge in [0.25, 0.3) is 0 Å². The molecule has 0 bridgehead atoms. The van der Waals surface area contributed by atoms with Crippen LogP contribution in [0.2, 0.25) is 0 Å². The van der Waals surface area contributed by atoms with E-state index >= 15 is 0 Å². The number of aromatic amines is 1. The number of fused-ring (bicyclic) bond motifs is 1. The third-order valence-electron chi connectivity index (χ3n) is 2.76. The Morgan fingerprint density at radius 2 is 1.95 bits per heavy atom. The minimum absolute atomic E-state index is 0.174. The van der Waals surface area contributed by atoms with Gasteiger partial charge in [0.1, 0.15) is 5.69 Å². The maximum Gasteiger partial charge on any atom is 0.433 e. The van der Waals surface area contributed by atoms with Crippen LogP contribution < -0.4 is 5.73 Å². The third-order valence-corrected chi connectivity index (χ3v) is 3.72. The van der Waals surface area contributed by atoms with Crippen molar-refractivity contribution >= 4 is 28.5 Å². The maximum atomic E-state index is 12.7. The van der Waals surface area contributed by atoms with Gasteiger partial charge in [0.15, 0.2) is 5.16 Å². The summed E-state index contributed by atoms with van der Waals surface area (Å²) in [5.41, 5.74) is 6.43. The number of nitrogen functional groups attached to an aromatic ring is 1. The van der Waals surface area contributed by atoms with Crippen molar-refractivity contribution in [3.8, 4) is 0 Å². The van der Waals surface area contributed by atoms with Crippen LogP contribution in [-0.2, 0) is 6.18 Å². The maximum absolute atomic E-state index is 12.7. The molecule has 21 heavy (non-hydrogen) atoms. The van der Waals surface area contributed by atoms with E-state index in [1.807, 2.05) is 24.3 Å². The Hall–Kier alpha value is -2.22. The van der Waals surface area contributed by atoms with Crippen molar-refractivity contribution in [3.63, 3.8) is 0 Å². The summed E-state index contributed by atoms with van der Waals surface area (Å²) in [4.78, 5) is 10.9. The van der Waals surface area contributed by atoms with Gasteiger partial charge in [-0.25, -0.2) is 9.97 Å². The van der Waals surface area contributed by atoms with Gasteiger partial charge in [-0.15, -0.1) is 0 Å². The minimum Gasteiger partial charge on any atom is -0.397 e. The Bertz CT molecular complexity index is 764. The molecule has 0 atom stereocenters. The molecule has 3 aromatic rings. The summed E-state index contributed by atoms with van der Waals surface area (Å²) in [5.74, 6) is 0. The van der Waals surface area contributed by atoms with Gasteiger partial charge in [0.05, 0.1) is 22.9 Å². The predicted molar refractivity (Wildman–Crippen MR) is 73.9 cm³/mol. The van der Waals surface area contributed by atoms with Crippen LogP contribution in [0.5, 0.6) is 0 Å². The first-order valence-corrected chi connectivity index (χ1v) is 6.70. The van der Waals surface area contributed by atoms with E-state index in [2.05, 4.69) is 15.0 Å². The minimum atomic E-state index is -4.50. The van der Waals surface area contributed by atoms with Crippen molar-refractivity contribution in [2.75, 3.05) is 5.73 Å². The average molecular weight is 310 g/mol. The molecule has 2 heterocycles. The Balaban J connectivity index is 1.97. The van der Waals surface area contributed by atoms with Crippen LogP contribution in [0, 0.1) is 0 Å². The van der Waals surface area contributed by atoms with Crippen LogP contribution in [0.4, 0.5) is 18.9 Å². The molecule has 0 fully saturated rings. The van der Waals surface area contributed by atoms with Crippen molar-refractivity contribution < 1.29 is 13.2 Å². The highest BCUT2D eigenvalue weighted by molar-refractivity contribution is 7.99. The number of anilines is 1. The molecule has 0 aliphatic rings. The summed E-state index contributed by atoms with van der Waals surface area (Å²) in [7, 11) is 0. The second-order valence-electron chi connectivity index (χ2n) is 4.27. The fourth-order valence-corrected chi connectivity index (χ4v) is 2.63. The van der Waals surface area contributed by atoms with Crippen molar-refractivity contribution in [2.45, 2.75) is 16.2 Å². The molecule has 3 rings (SSSR count). The van der Waals surface area contributed by atoms with E-state index in [4.69, 9.17) is 5.73 Å². The number of benzene rings is 1. The summed E-state index contributed by atoms with van der Waals surface area (Å²) < 4.78 is 38.0. The van der Waals surface area contributed by atoms with Gasteiger partial charge < -0.3 is 10.7 Å². The molecule has 8 heteroatoms. The number of nitrogens with one attached hydrogen (secondary N) is 1. The molecule has 3 N–H and O–H groups in total. The van der Waals surface area contributed by atoms with Crippen molar-refractivity contribution in [1.29, 1.82) is 0 Å². The molecule has 0 spiro atoms. The van der Waals surface area contributed by atoms with Crippen molar-refractivity contribution in [1.82, 2.24) is 15.0 Å². The first-order valence-electron chi connectivity index (χ1n) is 5.89. The van der Waals surface area contributed by atoms with E-state index < -0.39 is 11.9 Å². The third kappa shape index (κ3) is 2.80. The van der Waals surface area contributed by atoms with Crippen LogP contribution >= 0.6 is 11.8 Å². The number of nitrogens with zero attached hydrogens (tertiary/aromatic N) is 2. The molecule has 0 amide bonds. The summed E-state index contributed by atoms with van der Waals surface area (Å²) in [6, 6.07) is 8.25. The zero-order chi connectivity index (χ0) is 15.0. The molecule has 108 valence electrons. The lowest BCUT2D eigenvalue weighted by Gasteiger charge is -2.08. The monoisotopic (exact) mass is 310 g/mol. The largest absolute Gasteiger partial charge is 0.433 e. The van der Waals surface area contributed by atoms with Crippen molar-refractivity contribution in [3.05, 3.63) is 42.2 Å². The average Bonchev–Trinajstić information content (AvgIpc) is 2.82. The molecular formula is C13H9F3N4S. The number of rotatable bonds is 2. The quantitative estimate of drug-likeness (QED) is 0.757. The highest BCUT2D eigenvalue weighted by Crippen LogP contribution is 2.35. The number of alkyl halides is 3. The molecule has 4 nitrogen and oxygen atoms in total. The van der Waals surface area contributed by atoms with Gasteiger partial charge in [-0.1, -0.05) is 12.1 Å². The molecular weight excluding hydrogens is 301 g/mol. The van der Waals surface area contributed by atoms with Crippen LogP contribution in [0.3, 0.4) is 0 Å². The van der Waals surface area contributed by atoms with Crippen LogP contribution in [0.1, 0.15) is 5.69 Å². The summed E-state index contributed by atoms with van der Waals surface area (Å²) in [6.45, 7) is 0. The Morgan fingerprint density at radius 1 is 1.19 bits per heavy atom. The fourth-order valence-electron chi connectivity index (χ4n) is 1.77. The Morgan fingerprint density at radius 3 is 2.67 bits per heavy atom. The van der Waals surface area contributed by atoms with Crippen LogP contribution in [0.15, 0.2) is 46.6 Å². The molecule has 0 radical (unpaired) electrons. The number of hydrogen-bond donors (Lipinski definition) is 2. The van der Waals surface area contributed by atoms with Crippen LogP contribution in [0.25, 0.3) is 11.0 Å². The number of imidazole rings is 1. The smallest absolute Gasteiger partial charge is 0.397 e. The molecule has 0 aliphatic carbocycles. The number of halogens is 3. The van der Waals surface area contributed by atoms with E-state index in [-0.39, 0.29) is 10.6 Å². The topological polar surface area (TPSA) is 67.6 Å². The van der Waals surface area contributed by atoms with Gasteiger partial charge in [-0.3, -0.25) is 0 Å². The molecule has 0 saturated carbocycles. The van der Waals surface area contributed by atoms with E-state index in [9.17, 15) is 13.2 Å². The van der Waals surface area contributed by atoms with E-state index in [0.29, 0.717) is 5.16 Å². The number of pyridine rings is 1. The normalized spacial score (nSPS) is 12.0. The SMILES string of the molecule is Nc1cnc(C(F)(F)F)cc1Sc1nc2ccccc2[nH]1. The summed E-state index contributed by atoms with van der Waals surface area (Å²) >= 11 is 1.04. The zero-order valence-electron chi connectivity index (χ0n) is 10.5. The Kier molecular flexibility index (Phi) is 3.25. The van der Waals surface area contributed by atoms with Gasteiger partial charge in [-0.2, -0.15) is 13.2 Å². The number of H-pyrrole nitrogens is 1. The fraction of sp³-hybridized carbons (Fsp3) is 0.0769. The number of hydrogen-bond acceptors (Lipinski definition) is 4. The summed E-state index contributed by atoms with van der Waals surface area (Å²) in [6.07, 6.45) is -3.50. The van der Waals surface area contributed by atoms with Gasteiger partial charge in [0, 0.05) is 4.90 Å². The molecule has 0 unspecified atom stereocenters. The summed E-state index contributed by atoms with van der Waals surface area (Å²) in [5, 5.41) is 0.474. The molecule has 1 aromatic carbocycles. The standard InChI is InChI=1S/C13H9F3N4S/c14-13(15,16)11-5-10(7(17)6-18-11)21-12-19-8-3-1-2-4-9(8)20-12/h1-6H,17H2,(H,19,20). The lowest BCUT2D eigenvalue weighted by Crippen LogP contribution is -2.08. The first kappa shape index (κ1) is 13.7. The predicted octanol–water partition coefficient (Wildman–Crippen LogP) is 3.71. The van der Waals surface area contributed by atoms with Crippen molar-refractivity contribution in [2.24, 2.45) is 0 Å². The number of aromatic nitrogens is 3. The number of para-hydroxylation sites is 2. The molecule has 0 aliphatic heterocycles. The van der Waals surface area contributed by atoms with Gasteiger partial charge in [-0.05, 0) is 30.0 Å². The molecule has 0 saturated heterocycles. The molecule has 2 aromatic heterocycles. The van der Waals surface area contributed by atoms with E-state index in [1.54, 1.807) is 0 Å². The van der Waals surface area contributed by atoms with Crippen LogP contribution in [-0.4, -0.2) is 15.0 Å². The van der Waals surface area contributed by atoms with Gasteiger partial charge in [0.2, 0.25) is 0 Å². The lowest BCUT2D eigenvalue weighted by molar-refractivity contribution is -0.141. The highest BCUT2D eigenvalue weighted by atomic mass is 32.2. The van der Waals surface area contributed by atoms with Gasteiger partial charge >= 0.3 is 6.18 Å². The second kappa shape index (κ2) is 4.96. The number of nitrogens with two attached hydrogens (primary N) is 1. The lowest BCUT2D eigenvalue weighted by atomic mass is 10.3. The Labute approximate surface area is 121 Å². The zero-order valence-corrected chi connectivity index (χ0v) is 11.3.